The van der Waals surface area contributed by atoms with E-state index in [2.05, 4.69) is 10.1 Å². The highest BCUT2D eigenvalue weighted by Gasteiger charge is 2.41. The summed E-state index contributed by atoms with van der Waals surface area (Å²) in [5.74, 6) is 0.202. The summed E-state index contributed by atoms with van der Waals surface area (Å²) >= 11 is 0. The van der Waals surface area contributed by atoms with Crippen LogP contribution in [-0.2, 0) is 27.7 Å². The van der Waals surface area contributed by atoms with Crippen LogP contribution in [0, 0.1) is 0 Å². The maximum atomic E-state index is 13.8. The molecule has 2 aromatic heterocycles. The Balaban J connectivity index is 1.68. The first-order valence-corrected chi connectivity index (χ1v) is 16.5. The lowest BCUT2D eigenvalue weighted by molar-refractivity contribution is -0.0115. The second-order valence-corrected chi connectivity index (χ2v) is 15.3. The average Bonchev–Trinajstić information content (AvgIpc) is 3.28. The molecule has 3 aromatic rings. The molecule has 48 heavy (non-hydrogen) atoms. The number of carbonyl (C=O) groups is 3. The van der Waals surface area contributed by atoms with E-state index in [-0.39, 0.29) is 17.5 Å². The van der Waals surface area contributed by atoms with Crippen LogP contribution in [0.2, 0.25) is 0 Å². The van der Waals surface area contributed by atoms with Gasteiger partial charge < -0.3 is 14.2 Å². The van der Waals surface area contributed by atoms with Crippen molar-refractivity contribution in [1.82, 2.24) is 24.6 Å². The number of fused-ring (bicyclic) bond motifs is 1. The molecule has 2 heterocycles. The molecule has 3 amide bonds. The van der Waals surface area contributed by atoms with Gasteiger partial charge in [-0.2, -0.15) is 0 Å². The molecule has 1 aromatic carbocycles. The predicted molar refractivity (Wildman–Crippen MR) is 183 cm³/mol. The van der Waals surface area contributed by atoms with Gasteiger partial charge in [-0.3, -0.25) is 14.6 Å². The number of nitrogens with zero attached hydrogens (tertiary/aromatic N) is 5. The first-order chi connectivity index (χ1) is 22.2. The van der Waals surface area contributed by atoms with Gasteiger partial charge in [0.25, 0.3) is 5.56 Å². The SMILES string of the molecule is CCc1cc(-c2cc(=O)[nH]n2C)cc2cnc(N(C(=O)OC(C)(C)C)C3CCC(N(C(=O)OC(C)(C)C)C(=O)OC(C)(C)C)CC3)nc12. The Labute approximate surface area is 281 Å². The van der Waals surface area contributed by atoms with Crippen molar-refractivity contribution in [2.24, 2.45) is 7.05 Å². The van der Waals surface area contributed by atoms with Gasteiger partial charge in [0.1, 0.15) is 16.8 Å². The molecule has 1 fully saturated rings. The molecule has 0 unspecified atom stereocenters. The second kappa shape index (κ2) is 13.6. The normalized spacial score (nSPS) is 17.1. The third-order valence-electron chi connectivity index (χ3n) is 7.72. The van der Waals surface area contributed by atoms with E-state index in [0.29, 0.717) is 37.6 Å². The number of hydrogen-bond acceptors (Lipinski definition) is 9. The van der Waals surface area contributed by atoms with Crippen LogP contribution < -0.4 is 10.5 Å². The number of rotatable bonds is 5. The lowest BCUT2D eigenvalue weighted by atomic mass is 9.89. The van der Waals surface area contributed by atoms with Crippen molar-refractivity contribution < 1.29 is 28.6 Å². The Morgan fingerprint density at radius 1 is 0.833 bits per heavy atom. The molecule has 0 bridgehead atoms. The van der Waals surface area contributed by atoms with Crippen LogP contribution in [0.4, 0.5) is 20.3 Å². The van der Waals surface area contributed by atoms with E-state index in [1.165, 1.54) is 4.90 Å². The fraction of sp³-hybridized carbons (Fsp3) is 0.600. The van der Waals surface area contributed by atoms with Crippen LogP contribution in [0.25, 0.3) is 22.2 Å². The third-order valence-corrected chi connectivity index (χ3v) is 7.72. The summed E-state index contributed by atoms with van der Waals surface area (Å²) in [7, 11) is 1.78. The van der Waals surface area contributed by atoms with E-state index < -0.39 is 41.1 Å². The van der Waals surface area contributed by atoms with Crippen molar-refractivity contribution in [3.63, 3.8) is 0 Å². The van der Waals surface area contributed by atoms with Gasteiger partial charge >= 0.3 is 18.3 Å². The molecule has 13 nitrogen and oxygen atoms in total. The highest BCUT2D eigenvalue weighted by atomic mass is 16.6. The van der Waals surface area contributed by atoms with Crippen molar-refractivity contribution in [3.8, 4) is 11.3 Å². The second-order valence-electron chi connectivity index (χ2n) is 15.3. The molecule has 0 atom stereocenters. The predicted octanol–water partition coefficient (Wildman–Crippen LogP) is 7.11. The van der Waals surface area contributed by atoms with Gasteiger partial charge in [-0.1, -0.05) is 6.92 Å². The van der Waals surface area contributed by atoms with Crippen LogP contribution in [0.3, 0.4) is 0 Å². The molecule has 0 radical (unpaired) electrons. The molecule has 0 aliphatic heterocycles. The van der Waals surface area contributed by atoms with Crippen LogP contribution in [0.15, 0.2) is 29.2 Å². The molecule has 262 valence electrons. The number of amides is 3. The Morgan fingerprint density at radius 2 is 1.35 bits per heavy atom. The lowest BCUT2D eigenvalue weighted by Gasteiger charge is -2.39. The Bertz CT molecular complexity index is 1690. The third kappa shape index (κ3) is 8.93. The first-order valence-electron chi connectivity index (χ1n) is 16.5. The van der Waals surface area contributed by atoms with Crippen molar-refractivity contribution in [3.05, 3.63) is 40.3 Å². The zero-order valence-corrected chi connectivity index (χ0v) is 30.1. The van der Waals surface area contributed by atoms with Gasteiger partial charge in [0.15, 0.2) is 0 Å². The molecule has 0 saturated heterocycles. The minimum Gasteiger partial charge on any atom is -0.443 e. The minimum atomic E-state index is -0.814. The highest BCUT2D eigenvalue weighted by molar-refractivity contribution is 5.91. The lowest BCUT2D eigenvalue weighted by Crippen LogP contribution is -2.52. The zero-order valence-electron chi connectivity index (χ0n) is 30.1. The molecule has 13 heteroatoms. The number of imide groups is 1. The van der Waals surface area contributed by atoms with E-state index in [0.717, 1.165) is 27.1 Å². The number of aromatic amines is 1. The van der Waals surface area contributed by atoms with E-state index >= 15 is 0 Å². The Morgan fingerprint density at radius 3 is 1.83 bits per heavy atom. The van der Waals surface area contributed by atoms with Gasteiger partial charge in [0.05, 0.1) is 11.2 Å². The number of ether oxygens (including phenoxy) is 3. The van der Waals surface area contributed by atoms with Gasteiger partial charge in [0.2, 0.25) is 5.95 Å². The fourth-order valence-corrected chi connectivity index (χ4v) is 5.77. The smallest absolute Gasteiger partial charge is 0.420 e. The number of H-pyrrole nitrogens is 1. The number of aromatic nitrogens is 4. The van der Waals surface area contributed by atoms with E-state index in [1.54, 1.807) is 86.3 Å². The molecule has 1 N–H and O–H groups in total. The number of benzene rings is 1. The molecular weight excluding hydrogens is 616 g/mol. The maximum Gasteiger partial charge on any atom is 0.420 e. The summed E-state index contributed by atoms with van der Waals surface area (Å²) in [6.07, 6.45) is 1.88. The van der Waals surface area contributed by atoms with Gasteiger partial charge in [-0.15, -0.1) is 0 Å². The number of nitrogens with one attached hydrogen (secondary N) is 1. The van der Waals surface area contributed by atoms with Crippen LogP contribution in [0.5, 0.6) is 0 Å². The summed E-state index contributed by atoms with van der Waals surface area (Å²) < 4.78 is 18.7. The number of carbonyl (C=O) groups excluding carboxylic acids is 3. The van der Waals surface area contributed by atoms with Crippen LogP contribution in [0.1, 0.15) is 100 Å². The first kappa shape index (κ1) is 36.4. The standard InChI is InChI=1S/C35H50N6O7/c1-12-21-17-22(26-19-27(42)38-39(26)11)18-23-20-36-29(37-28(21)23)40(30(43)46-33(2,3)4)24-13-15-25(16-14-24)41(31(44)47-34(5,6)7)32(45)48-35(8,9)10/h17-20,24-25H,12-16H2,1-11H3,(H,38,42). The summed E-state index contributed by atoms with van der Waals surface area (Å²) in [5.41, 5.74) is 0.604. The van der Waals surface area contributed by atoms with Crippen molar-refractivity contribution >= 4 is 35.1 Å². The van der Waals surface area contributed by atoms with Crippen LogP contribution in [-0.4, -0.2) is 71.8 Å². The van der Waals surface area contributed by atoms with Gasteiger partial charge in [-0.05, 0) is 112 Å². The summed E-state index contributed by atoms with van der Waals surface area (Å²) in [4.78, 5) is 64.5. The number of anilines is 1. The minimum absolute atomic E-state index is 0.194. The molecular formula is C35H50N6O7. The zero-order chi connectivity index (χ0) is 35.8. The Hall–Kier alpha value is -4.42. The molecule has 1 aliphatic rings. The van der Waals surface area contributed by atoms with Crippen LogP contribution >= 0.6 is 0 Å². The van der Waals surface area contributed by atoms with Crippen molar-refractivity contribution in [2.75, 3.05) is 4.90 Å². The van der Waals surface area contributed by atoms with E-state index in [4.69, 9.17) is 19.2 Å². The van der Waals surface area contributed by atoms with E-state index in [9.17, 15) is 19.2 Å². The molecule has 0 spiro atoms. The number of hydrogen-bond donors (Lipinski definition) is 1. The van der Waals surface area contributed by atoms with E-state index in [1.807, 2.05) is 19.1 Å². The monoisotopic (exact) mass is 666 g/mol. The number of aryl methyl sites for hydroxylation is 2. The summed E-state index contributed by atoms with van der Waals surface area (Å²) in [6, 6.07) is 4.59. The molecule has 1 saturated carbocycles. The van der Waals surface area contributed by atoms with Crippen molar-refractivity contribution in [2.45, 2.75) is 130 Å². The quantitative estimate of drug-likeness (QED) is 0.281. The van der Waals surface area contributed by atoms with Gasteiger partial charge in [0, 0.05) is 42.3 Å². The topological polar surface area (TPSA) is 149 Å². The maximum absolute atomic E-state index is 13.8. The van der Waals surface area contributed by atoms with Crippen molar-refractivity contribution in [1.29, 1.82) is 0 Å². The largest absolute Gasteiger partial charge is 0.443 e. The summed E-state index contributed by atoms with van der Waals surface area (Å²) in [5, 5.41) is 3.51. The molecule has 4 rings (SSSR count). The fourth-order valence-electron chi connectivity index (χ4n) is 5.77. The Kier molecular flexibility index (Phi) is 10.3. The molecule has 1 aliphatic carbocycles. The summed E-state index contributed by atoms with van der Waals surface area (Å²) in [6.45, 7) is 17.9. The average molecular weight is 667 g/mol. The van der Waals surface area contributed by atoms with Gasteiger partial charge in [-0.25, -0.2) is 34.2 Å². The highest BCUT2D eigenvalue weighted by Crippen LogP contribution is 2.33.